The van der Waals surface area contributed by atoms with Crippen LogP contribution in [0.1, 0.15) is 21.9 Å². The van der Waals surface area contributed by atoms with Crippen LogP contribution in [-0.2, 0) is 13.1 Å². The van der Waals surface area contributed by atoms with Gasteiger partial charge in [-0.2, -0.15) is 0 Å². The highest BCUT2D eigenvalue weighted by atomic mass is 16.5. The van der Waals surface area contributed by atoms with Crippen molar-refractivity contribution in [3.8, 4) is 5.75 Å². The summed E-state index contributed by atoms with van der Waals surface area (Å²) in [6, 6.07) is 21.1. The fraction of sp³-hybridized carbons (Fsp3) is 0.136. The number of fused-ring (bicyclic) bond motifs is 1. The standard InChI is InChI=1S/C22H20N4O2/c1-28-20-12-5-2-8-16(20)15-26-19-11-4-3-9-17(19)25-21(26)14-24-22(27)18-10-6-7-13-23-18/h2-13H,14-15H2,1H3,(H,24,27). The fourth-order valence-electron chi connectivity index (χ4n) is 3.19. The number of pyridine rings is 1. The van der Waals surface area contributed by atoms with E-state index in [0.29, 0.717) is 18.8 Å². The lowest BCUT2D eigenvalue weighted by Gasteiger charge is -2.13. The topological polar surface area (TPSA) is 69.0 Å². The molecule has 4 rings (SSSR count). The zero-order valence-corrected chi connectivity index (χ0v) is 15.5. The van der Waals surface area contributed by atoms with Crippen LogP contribution in [0.25, 0.3) is 11.0 Å². The zero-order chi connectivity index (χ0) is 19.3. The highest BCUT2D eigenvalue weighted by Gasteiger charge is 2.14. The van der Waals surface area contributed by atoms with Crippen LogP contribution in [0.15, 0.2) is 72.9 Å². The third-order valence-electron chi connectivity index (χ3n) is 4.56. The van der Waals surface area contributed by atoms with Crippen LogP contribution >= 0.6 is 0 Å². The molecule has 140 valence electrons. The first kappa shape index (κ1) is 17.7. The molecule has 0 fully saturated rings. The molecule has 0 bridgehead atoms. The van der Waals surface area contributed by atoms with E-state index in [1.807, 2.05) is 48.5 Å². The Labute approximate surface area is 162 Å². The Morgan fingerprint density at radius 1 is 1.04 bits per heavy atom. The molecule has 6 nitrogen and oxygen atoms in total. The van der Waals surface area contributed by atoms with Gasteiger partial charge < -0.3 is 14.6 Å². The Kier molecular flexibility index (Phi) is 5.01. The molecule has 0 aliphatic rings. The number of methoxy groups -OCH3 is 1. The number of benzene rings is 2. The maximum atomic E-state index is 12.4. The van der Waals surface area contributed by atoms with Gasteiger partial charge in [0, 0.05) is 11.8 Å². The highest BCUT2D eigenvalue weighted by Crippen LogP contribution is 2.23. The lowest BCUT2D eigenvalue weighted by Crippen LogP contribution is -2.25. The molecule has 28 heavy (non-hydrogen) atoms. The Bertz CT molecular complexity index is 1110. The van der Waals surface area contributed by atoms with Gasteiger partial charge in [-0.1, -0.05) is 36.4 Å². The second-order valence-electron chi connectivity index (χ2n) is 6.31. The van der Waals surface area contributed by atoms with Crippen LogP contribution in [0, 0.1) is 0 Å². The molecule has 1 N–H and O–H groups in total. The van der Waals surface area contributed by atoms with Crippen molar-refractivity contribution in [3.63, 3.8) is 0 Å². The highest BCUT2D eigenvalue weighted by molar-refractivity contribution is 5.92. The summed E-state index contributed by atoms with van der Waals surface area (Å²) in [5.41, 5.74) is 3.33. The number of ether oxygens (including phenoxy) is 1. The van der Waals surface area contributed by atoms with Crippen LogP contribution in [0.3, 0.4) is 0 Å². The van der Waals surface area contributed by atoms with Gasteiger partial charge in [0.1, 0.15) is 17.3 Å². The Balaban J connectivity index is 1.64. The van der Waals surface area contributed by atoms with Gasteiger partial charge in [0.15, 0.2) is 0 Å². The molecule has 2 aromatic heterocycles. The van der Waals surface area contributed by atoms with Crippen molar-refractivity contribution in [2.75, 3.05) is 7.11 Å². The summed E-state index contributed by atoms with van der Waals surface area (Å²) in [6.45, 7) is 0.901. The average molecular weight is 372 g/mol. The van der Waals surface area contributed by atoms with Crippen molar-refractivity contribution in [2.24, 2.45) is 0 Å². The number of imidazole rings is 1. The van der Waals surface area contributed by atoms with Crippen LogP contribution < -0.4 is 10.1 Å². The summed E-state index contributed by atoms with van der Waals surface area (Å²) in [6.07, 6.45) is 1.60. The lowest BCUT2D eigenvalue weighted by molar-refractivity contribution is 0.0944. The fourth-order valence-corrected chi connectivity index (χ4v) is 3.19. The first-order valence-electron chi connectivity index (χ1n) is 9.01. The number of rotatable bonds is 6. The van der Waals surface area contributed by atoms with Crippen molar-refractivity contribution in [1.82, 2.24) is 19.9 Å². The molecule has 1 amide bonds. The zero-order valence-electron chi connectivity index (χ0n) is 15.5. The van der Waals surface area contributed by atoms with E-state index >= 15 is 0 Å². The van der Waals surface area contributed by atoms with Crippen LogP contribution in [-0.4, -0.2) is 27.6 Å². The maximum absolute atomic E-state index is 12.4. The summed E-state index contributed by atoms with van der Waals surface area (Å²) >= 11 is 0. The summed E-state index contributed by atoms with van der Waals surface area (Å²) in [7, 11) is 1.67. The second-order valence-corrected chi connectivity index (χ2v) is 6.31. The summed E-state index contributed by atoms with van der Waals surface area (Å²) in [5.74, 6) is 1.37. The quantitative estimate of drug-likeness (QED) is 0.563. The largest absolute Gasteiger partial charge is 0.496 e. The predicted octanol–water partition coefficient (Wildman–Crippen LogP) is 3.42. The third kappa shape index (κ3) is 3.57. The van der Waals surface area contributed by atoms with Crippen LogP contribution in [0.5, 0.6) is 5.75 Å². The van der Waals surface area contributed by atoms with E-state index in [2.05, 4.69) is 14.9 Å². The molecule has 4 aromatic rings. The predicted molar refractivity (Wildman–Crippen MR) is 107 cm³/mol. The minimum absolute atomic E-state index is 0.225. The monoisotopic (exact) mass is 372 g/mol. The molecular weight excluding hydrogens is 352 g/mol. The van der Waals surface area contributed by atoms with E-state index in [0.717, 1.165) is 28.2 Å². The molecule has 0 unspecified atom stereocenters. The smallest absolute Gasteiger partial charge is 0.270 e. The van der Waals surface area contributed by atoms with E-state index in [4.69, 9.17) is 9.72 Å². The number of hydrogen-bond donors (Lipinski definition) is 1. The second kappa shape index (κ2) is 7.92. The SMILES string of the molecule is COc1ccccc1Cn1c(CNC(=O)c2ccccn2)nc2ccccc21. The first-order valence-corrected chi connectivity index (χ1v) is 9.01. The summed E-state index contributed by atoms with van der Waals surface area (Å²) in [5, 5.41) is 2.91. The van der Waals surface area contributed by atoms with E-state index < -0.39 is 0 Å². The molecule has 0 saturated heterocycles. The van der Waals surface area contributed by atoms with Gasteiger partial charge in [-0.15, -0.1) is 0 Å². The van der Waals surface area contributed by atoms with Gasteiger partial charge in [-0.25, -0.2) is 4.98 Å². The third-order valence-corrected chi connectivity index (χ3v) is 4.56. The van der Waals surface area contributed by atoms with Gasteiger partial charge in [0.2, 0.25) is 0 Å². The summed E-state index contributed by atoms with van der Waals surface area (Å²) < 4.78 is 7.59. The van der Waals surface area contributed by atoms with Gasteiger partial charge in [-0.3, -0.25) is 9.78 Å². The minimum Gasteiger partial charge on any atom is -0.496 e. The van der Waals surface area contributed by atoms with Crippen molar-refractivity contribution < 1.29 is 9.53 Å². The van der Waals surface area contributed by atoms with Crippen LogP contribution in [0.4, 0.5) is 0 Å². The van der Waals surface area contributed by atoms with E-state index in [1.165, 1.54) is 0 Å². The molecule has 2 heterocycles. The first-order chi connectivity index (χ1) is 13.8. The van der Waals surface area contributed by atoms with Gasteiger partial charge >= 0.3 is 0 Å². The van der Waals surface area contributed by atoms with Gasteiger partial charge in [-0.05, 0) is 30.3 Å². The Hall–Kier alpha value is -3.67. The molecule has 0 aliphatic carbocycles. The number of para-hydroxylation sites is 3. The molecule has 6 heteroatoms. The molecule has 0 spiro atoms. The van der Waals surface area contributed by atoms with Crippen molar-refractivity contribution in [3.05, 3.63) is 90.0 Å². The summed E-state index contributed by atoms with van der Waals surface area (Å²) in [4.78, 5) is 21.2. The van der Waals surface area contributed by atoms with Crippen molar-refractivity contribution in [1.29, 1.82) is 0 Å². The molecule has 0 aliphatic heterocycles. The van der Waals surface area contributed by atoms with Crippen molar-refractivity contribution >= 4 is 16.9 Å². The van der Waals surface area contributed by atoms with E-state index in [-0.39, 0.29) is 5.91 Å². The molecule has 0 saturated carbocycles. The molecule has 0 atom stereocenters. The normalized spacial score (nSPS) is 10.8. The number of amides is 1. The van der Waals surface area contributed by atoms with Crippen molar-refractivity contribution in [2.45, 2.75) is 13.1 Å². The van der Waals surface area contributed by atoms with Crippen LogP contribution in [0.2, 0.25) is 0 Å². The maximum Gasteiger partial charge on any atom is 0.270 e. The number of carbonyl (C=O) groups is 1. The Morgan fingerprint density at radius 2 is 1.82 bits per heavy atom. The van der Waals surface area contributed by atoms with Gasteiger partial charge in [0.25, 0.3) is 5.91 Å². The number of nitrogens with one attached hydrogen (secondary N) is 1. The molecule has 0 radical (unpaired) electrons. The van der Waals surface area contributed by atoms with E-state index in [1.54, 1.807) is 31.5 Å². The number of carbonyl (C=O) groups excluding carboxylic acids is 1. The average Bonchev–Trinajstić information content (AvgIpc) is 3.10. The van der Waals surface area contributed by atoms with E-state index in [9.17, 15) is 4.79 Å². The molecule has 2 aromatic carbocycles. The molecular formula is C22H20N4O2. The van der Waals surface area contributed by atoms with Gasteiger partial charge in [0.05, 0.1) is 31.2 Å². The lowest BCUT2D eigenvalue weighted by atomic mass is 10.2. The number of nitrogens with zero attached hydrogens (tertiary/aromatic N) is 3. The minimum atomic E-state index is -0.225. The number of hydrogen-bond acceptors (Lipinski definition) is 4. The number of aromatic nitrogens is 3. The Morgan fingerprint density at radius 3 is 2.64 bits per heavy atom.